The third kappa shape index (κ3) is 4.82. The highest BCUT2D eigenvalue weighted by molar-refractivity contribution is 5.95. The highest BCUT2D eigenvalue weighted by atomic mass is 16.5. The van der Waals surface area contributed by atoms with Crippen molar-refractivity contribution in [2.75, 3.05) is 6.61 Å². The van der Waals surface area contributed by atoms with Crippen molar-refractivity contribution in [1.82, 2.24) is 24.9 Å². The lowest BCUT2D eigenvalue weighted by Gasteiger charge is -2.39. The summed E-state index contributed by atoms with van der Waals surface area (Å²) in [6.07, 6.45) is 11.3. The molecule has 3 fully saturated rings. The van der Waals surface area contributed by atoms with Crippen LogP contribution in [0.25, 0.3) is 5.65 Å². The number of fused-ring (bicyclic) bond motifs is 3. The summed E-state index contributed by atoms with van der Waals surface area (Å²) >= 11 is 0. The molecule has 3 aromatic rings. The Labute approximate surface area is 217 Å². The monoisotopic (exact) mass is 501 g/mol. The van der Waals surface area contributed by atoms with Crippen molar-refractivity contribution in [1.29, 1.82) is 0 Å². The minimum Gasteiger partial charge on any atom is -0.491 e. The van der Waals surface area contributed by atoms with Crippen LogP contribution < -0.4 is 15.4 Å². The summed E-state index contributed by atoms with van der Waals surface area (Å²) < 4.78 is 7.99. The third-order valence-electron chi connectivity index (χ3n) is 8.61. The number of pyridine rings is 1. The smallest absolute Gasteiger partial charge is 0.251 e. The number of piperidine rings is 1. The molecule has 0 spiro atoms. The first kappa shape index (κ1) is 24.0. The molecule has 3 atom stereocenters. The van der Waals surface area contributed by atoms with E-state index in [-0.39, 0.29) is 23.9 Å². The first-order valence-corrected chi connectivity index (χ1v) is 13.4. The topological polar surface area (TPSA) is 88.0 Å². The van der Waals surface area contributed by atoms with Crippen LogP contribution in [0.4, 0.5) is 0 Å². The number of imidazole rings is 1. The Hall–Kier alpha value is -3.39. The number of amides is 2. The van der Waals surface area contributed by atoms with Crippen LogP contribution in [0.3, 0.4) is 0 Å². The molecule has 3 aliphatic rings. The van der Waals surface area contributed by atoms with Crippen LogP contribution in [-0.2, 0) is 11.3 Å². The maximum atomic E-state index is 13.0. The van der Waals surface area contributed by atoms with Crippen molar-refractivity contribution < 1.29 is 14.3 Å². The second-order valence-electron chi connectivity index (χ2n) is 10.9. The van der Waals surface area contributed by atoms with Gasteiger partial charge in [0.2, 0.25) is 5.91 Å². The van der Waals surface area contributed by atoms with Gasteiger partial charge in [-0.1, -0.05) is 6.07 Å². The molecule has 5 heterocycles. The zero-order valence-electron chi connectivity index (χ0n) is 21.6. The van der Waals surface area contributed by atoms with Crippen molar-refractivity contribution in [2.45, 2.75) is 83.1 Å². The van der Waals surface area contributed by atoms with E-state index in [4.69, 9.17) is 4.74 Å². The summed E-state index contributed by atoms with van der Waals surface area (Å²) in [7, 11) is 0. The molecule has 2 amide bonds. The van der Waals surface area contributed by atoms with Crippen LogP contribution in [-0.4, -0.2) is 56.9 Å². The minimum atomic E-state index is -0.0115. The van der Waals surface area contributed by atoms with E-state index < -0.39 is 0 Å². The van der Waals surface area contributed by atoms with Gasteiger partial charge in [0.25, 0.3) is 5.91 Å². The van der Waals surface area contributed by atoms with Gasteiger partial charge in [-0.3, -0.25) is 14.5 Å². The second kappa shape index (κ2) is 9.82. The molecule has 2 aromatic heterocycles. The molecule has 1 aromatic carbocycles. The highest BCUT2D eigenvalue weighted by Crippen LogP contribution is 2.38. The van der Waals surface area contributed by atoms with Crippen LogP contribution >= 0.6 is 0 Å². The molecule has 3 saturated heterocycles. The molecule has 2 unspecified atom stereocenters. The molecular formula is C29H35N5O3. The van der Waals surface area contributed by atoms with Gasteiger partial charge >= 0.3 is 0 Å². The zero-order valence-corrected chi connectivity index (χ0v) is 21.6. The molecule has 0 aliphatic carbocycles. The maximum Gasteiger partial charge on any atom is 0.251 e. The van der Waals surface area contributed by atoms with Gasteiger partial charge in [0.05, 0.1) is 6.04 Å². The van der Waals surface area contributed by atoms with E-state index in [1.807, 2.05) is 28.9 Å². The van der Waals surface area contributed by atoms with Crippen molar-refractivity contribution in [3.8, 4) is 5.75 Å². The van der Waals surface area contributed by atoms with Crippen LogP contribution in [0.15, 0.2) is 42.9 Å². The van der Waals surface area contributed by atoms with Crippen molar-refractivity contribution in [3.05, 3.63) is 65.1 Å². The summed E-state index contributed by atoms with van der Waals surface area (Å²) in [5.41, 5.74) is 5.24. The van der Waals surface area contributed by atoms with Gasteiger partial charge < -0.3 is 19.8 Å². The van der Waals surface area contributed by atoms with Crippen LogP contribution in [0.2, 0.25) is 0 Å². The van der Waals surface area contributed by atoms with Gasteiger partial charge in [-0.05, 0) is 80.8 Å². The van der Waals surface area contributed by atoms with Gasteiger partial charge in [0.15, 0.2) is 0 Å². The molecule has 3 aliphatic heterocycles. The van der Waals surface area contributed by atoms with E-state index in [0.717, 1.165) is 37.2 Å². The minimum absolute atomic E-state index is 0.0115. The average molecular weight is 502 g/mol. The van der Waals surface area contributed by atoms with E-state index >= 15 is 0 Å². The van der Waals surface area contributed by atoms with E-state index in [0.29, 0.717) is 30.7 Å². The number of nitrogens with one attached hydrogen (secondary N) is 2. The molecule has 194 valence electrons. The van der Waals surface area contributed by atoms with Crippen molar-refractivity contribution in [3.63, 3.8) is 0 Å². The van der Waals surface area contributed by atoms with Crippen LogP contribution in [0.1, 0.15) is 65.6 Å². The number of nitrogens with zero attached hydrogens (tertiary/aromatic N) is 3. The predicted octanol–water partition coefficient (Wildman–Crippen LogP) is 3.53. The van der Waals surface area contributed by atoms with Gasteiger partial charge in [0.1, 0.15) is 18.0 Å². The molecule has 8 nitrogen and oxygen atoms in total. The number of carbonyl (C=O) groups is 2. The van der Waals surface area contributed by atoms with E-state index in [1.54, 1.807) is 6.20 Å². The molecular weight excluding hydrogens is 466 g/mol. The molecule has 8 heteroatoms. The Morgan fingerprint density at radius 1 is 1.11 bits per heavy atom. The quantitative estimate of drug-likeness (QED) is 0.517. The number of carbonyl (C=O) groups excluding carboxylic acids is 2. The number of aromatic nitrogens is 2. The second-order valence-corrected chi connectivity index (χ2v) is 10.9. The molecule has 0 saturated carbocycles. The summed E-state index contributed by atoms with van der Waals surface area (Å²) in [6.45, 7) is 5.75. The summed E-state index contributed by atoms with van der Waals surface area (Å²) in [4.78, 5) is 31.4. The summed E-state index contributed by atoms with van der Waals surface area (Å²) in [5.74, 6) is 1.01. The SMILES string of the molecule is Cc1c(CN2C3CCC2CC(NC(=O)c2ccn4ccnc4c2)C3)ccc(OC[C@H]2CCC(=O)N2)c1C. The van der Waals surface area contributed by atoms with E-state index in [2.05, 4.69) is 46.5 Å². The van der Waals surface area contributed by atoms with Gasteiger partial charge in [-0.15, -0.1) is 0 Å². The van der Waals surface area contributed by atoms with Gasteiger partial charge in [-0.25, -0.2) is 4.98 Å². The van der Waals surface area contributed by atoms with Crippen LogP contribution in [0.5, 0.6) is 5.75 Å². The number of benzene rings is 1. The fourth-order valence-electron chi connectivity index (χ4n) is 6.34. The standard InChI is InChI=1S/C29H35N5O3/c1-18-19(2)26(37-17-22-4-8-28(35)31-22)7-3-21(18)16-34-24-5-6-25(34)15-23(14-24)32-29(36)20-9-11-33-12-10-30-27(33)13-20/h3,7,9-13,22-25H,4-6,8,14-17H2,1-2H3,(H,31,35)(H,32,36)/t22-,23?,24?,25?/m1/s1. The largest absolute Gasteiger partial charge is 0.491 e. The maximum absolute atomic E-state index is 13.0. The normalized spacial score (nSPS) is 25.4. The zero-order chi connectivity index (χ0) is 25.5. The lowest BCUT2D eigenvalue weighted by molar-refractivity contribution is -0.119. The van der Waals surface area contributed by atoms with E-state index in [9.17, 15) is 9.59 Å². The number of ether oxygens (including phenoxy) is 1. The summed E-state index contributed by atoms with van der Waals surface area (Å²) in [6, 6.07) is 9.27. The lowest BCUT2D eigenvalue weighted by atomic mass is 9.95. The van der Waals surface area contributed by atoms with Crippen molar-refractivity contribution in [2.24, 2.45) is 0 Å². The van der Waals surface area contributed by atoms with E-state index in [1.165, 1.54) is 29.5 Å². The van der Waals surface area contributed by atoms with Crippen molar-refractivity contribution >= 4 is 17.5 Å². The Morgan fingerprint density at radius 3 is 2.68 bits per heavy atom. The Kier molecular flexibility index (Phi) is 6.36. The number of rotatable bonds is 7. The third-order valence-corrected chi connectivity index (χ3v) is 8.61. The summed E-state index contributed by atoms with van der Waals surface area (Å²) in [5, 5.41) is 6.27. The number of hydrogen-bond acceptors (Lipinski definition) is 5. The highest BCUT2D eigenvalue weighted by Gasteiger charge is 2.41. The average Bonchev–Trinajstić information content (AvgIpc) is 3.59. The fourth-order valence-corrected chi connectivity index (χ4v) is 6.34. The Bertz CT molecular complexity index is 1320. The van der Waals surface area contributed by atoms with Gasteiger partial charge in [0, 0.05) is 55.2 Å². The molecule has 2 bridgehead atoms. The molecule has 37 heavy (non-hydrogen) atoms. The first-order valence-electron chi connectivity index (χ1n) is 13.4. The molecule has 6 rings (SSSR count). The number of hydrogen-bond donors (Lipinski definition) is 2. The first-order chi connectivity index (χ1) is 17.9. The fraction of sp³-hybridized carbons (Fsp3) is 0.483. The predicted molar refractivity (Wildman–Crippen MR) is 141 cm³/mol. The van der Waals surface area contributed by atoms with Crippen LogP contribution in [0, 0.1) is 13.8 Å². The molecule has 2 N–H and O–H groups in total. The lowest BCUT2D eigenvalue weighted by Crippen LogP contribution is -2.50. The molecule has 0 radical (unpaired) electrons. The van der Waals surface area contributed by atoms with Gasteiger partial charge in [-0.2, -0.15) is 0 Å². The Morgan fingerprint density at radius 2 is 1.92 bits per heavy atom. The Balaban J connectivity index is 1.07.